The Labute approximate surface area is 260 Å². The number of ether oxygens (including phenoxy) is 2. The molecule has 0 amide bonds. The normalized spacial score (nSPS) is 12.3. The molecule has 0 heterocycles. The highest BCUT2D eigenvalue weighted by atomic mass is 32.2. The molecule has 2 aromatic rings. The standard InChI is InChI=1S/C34H46O4S3/c1-11-15-39-17-13-31(35)37-27-19-23(3)29(21-25(27)33(5,6)7)41-30-22-26(34(8,9)10)28(20-24(30)4)38-32(36)14-18-40-16-12-2/h11-12,15-16,19-22H,13-14,17-18H2,1-10H3. The van der Waals surface area contributed by atoms with Gasteiger partial charge in [-0.1, -0.05) is 65.5 Å². The Morgan fingerprint density at radius 2 is 1.05 bits per heavy atom. The van der Waals surface area contributed by atoms with E-state index in [9.17, 15) is 9.59 Å². The SMILES string of the molecule is CC=CSCCC(=O)Oc1cc(C)c(Sc2cc(C(C)(C)C)c(OC(=O)CCSC=CC)cc2C)cc1C(C)(C)C. The topological polar surface area (TPSA) is 52.6 Å². The fraction of sp³-hybridized carbons (Fsp3) is 0.471. The average molecular weight is 615 g/mol. The first-order chi connectivity index (χ1) is 19.2. The third-order valence-electron chi connectivity index (χ3n) is 6.15. The molecule has 0 unspecified atom stereocenters. The van der Waals surface area contributed by atoms with Crippen LogP contribution in [0.2, 0.25) is 0 Å². The van der Waals surface area contributed by atoms with E-state index < -0.39 is 0 Å². The van der Waals surface area contributed by atoms with Crippen molar-refractivity contribution < 1.29 is 19.1 Å². The molecule has 224 valence electrons. The van der Waals surface area contributed by atoms with Gasteiger partial charge in [0.15, 0.2) is 0 Å². The lowest BCUT2D eigenvalue weighted by Crippen LogP contribution is -2.17. The first kappa shape index (κ1) is 35.1. The molecule has 7 heteroatoms. The van der Waals surface area contributed by atoms with Crippen LogP contribution in [-0.4, -0.2) is 23.4 Å². The third-order valence-corrected chi connectivity index (χ3v) is 9.28. The lowest BCUT2D eigenvalue weighted by molar-refractivity contribution is -0.134. The van der Waals surface area contributed by atoms with Crippen molar-refractivity contribution in [3.05, 3.63) is 69.5 Å². The maximum atomic E-state index is 12.6. The number of hydrogen-bond acceptors (Lipinski definition) is 7. The molecule has 2 aromatic carbocycles. The molecule has 0 bridgehead atoms. The molecular weight excluding hydrogens is 569 g/mol. The predicted octanol–water partition coefficient (Wildman–Crippen LogP) is 10.2. The van der Waals surface area contributed by atoms with Gasteiger partial charge in [0.2, 0.25) is 0 Å². The molecular formula is C34H46O4S3. The first-order valence-electron chi connectivity index (χ1n) is 14.0. The van der Waals surface area contributed by atoms with Gasteiger partial charge in [-0.05, 0) is 84.7 Å². The van der Waals surface area contributed by atoms with Crippen molar-refractivity contribution in [2.24, 2.45) is 0 Å². The average Bonchev–Trinajstić information content (AvgIpc) is 2.86. The molecule has 0 spiro atoms. The van der Waals surface area contributed by atoms with Crippen LogP contribution in [0.3, 0.4) is 0 Å². The predicted molar refractivity (Wildman–Crippen MR) is 179 cm³/mol. The molecule has 0 aromatic heterocycles. The molecule has 0 fully saturated rings. The summed E-state index contributed by atoms with van der Waals surface area (Å²) in [5.41, 5.74) is 3.64. The summed E-state index contributed by atoms with van der Waals surface area (Å²) in [6, 6.07) is 8.29. The highest BCUT2D eigenvalue weighted by Crippen LogP contribution is 2.43. The van der Waals surface area contributed by atoms with Crippen LogP contribution in [0.1, 0.15) is 90.5 Å². The minimum Gasteiger partial charge on any atom is -0.426 e. The van der Waals surface area contributed by atoms with E-state index in [1.54, 1.807) is 35.3 Å². The summed E-state index contributed by atoms with van der Waals surface area (Å²) < 4.78 is 11.8. The monoisotopic (exact) mass is 614 g/mol. The summed E-state index contributed by atoms with van der Waals surface area (Å²) in [5.74, 6) is 2.20. The smallest absolute Gasteiger partial charge is 0.312 e. The zero-order valence-electron chi connectivity index (χ0n) is 26.3. The lowest BCUT2D eigenvalue weighted by Gasteiger charge is -2.26. The van der Waals surface area contributed by atoms with Crippen molar-refractivity contribution >= 4 is 47.2 Å². The van der Waals surface area contributed by atoms with Crippen molar-refractivity contribution in [1.82, 2.24) is 0 Å². The maximum absolute atomic E-state index is 12.6. The summed E-state index contributed by atoms with van der Waals surface area (Å²) in [6.07, 6.45) is 4.64. The largest absolute Gasteiger partial charge is 0.426 e. The number of thioether (sulfide) groups is 2. The fourth-order valence-corrected chi connectivity index (χ4v) is 6.22. The van der Waals surface area contributed by atoms with E-state index in [0.29, 0.717) is 35.8 Å². The number of benzene rings is 2. The molecule has 41 heavy (non-hydrogen) atoms. The van der Waals surface area contributed by atoms with Crippen LogP contribution in [0.15, 0.2) is 57.0 Å². The third kappa shape index (κ3) is 11.3. The molecule has 0 atom stereocenters. The molecule has 2 rings (SSSR count). The van der Waals surface area contributed by atoms with Gasteiger partial charge in [-0.15, -0.1) is 23.5 Å². The van der Waals surface area contributed by atoms with Crippen LogP contribution in [0.25, 0.3) is 0 Å². The van der Waals surface area contributed by atoms with E-state index in [2.05, 4.69) is 67.5 Å². The Bertz CT molecular complexity index is 1170. The summed E-state index contributed by atoms with van der Waals surface area (Å²) in [7, 11) is 0. The molecule has 4 nitrogen and oxygen atoms in total. The number of rotatable bonds is 12. The minimum absolute atomic E-state index is 0.215. The van der Waals surface area contributed by atoms with Gasteiger partial charge in [0.1, 0.15) is 11.5 Å². The number of carbonyl (C=O) groups excluding carboxylic acids is 2. The van der Waals surface area contributed by atoms with E-state index >= 15 is 0 Å². The quantitative estimate of drug-likeness (QED) is 0.134. The van der Waals surface area contributed by atoms with Crippen LogP contribution < -0.4 is 9.47 Å². The van der Waals surface area contributed by atoms with Gasteiger partial charge in [0, 0.05) is 32.4 Å². The molecule has 0 aliphatic carbocycles. The van der Waals surface area contributed by atoms with E-state index in [0.717, 1.165) is 32.0 Å². The van der Waals surface area contributed by atoms with E-state index in [1.807, 2.05) is 48.9 Å². The zero-order valence-corrected chi connectivity index (χ0v) is 28.8. The van der Waals surface area contributed by atoms with Crippen molar-refractivity contribution in [1.29, 1.82) is 0 Å². The van der Waals surface area contributed by atoms with Crippen LogP contribution in [0.4, 0.5) is 0 Å². The summed E-state index contributed by atoms with van der Waals surface area (Å²) >= 11 is 4.90. The van der Waals surface area contributed by atoms with E-state index in [-0.39, 0.29) is 22.8 Å². The molecule has 0 aliphatic rings. The second kappa shape index (κ2) is 15.9. The zero-order chi connectivity index (χ0) is 30.8. The Morgan fingerprint density at radius 1 is 0.683 bits per heavy atom. The molecule has 0 aliphatic heterocycles. The van der Waals surface area contributed by atoms with Crippen molar-refractivity contribution in [3.63, 3.8) is 0 Å². The summed E-state index contributed by atoms with van der Waals surface area (Å²) in [4.78, 5) is 27.4. The second-order valence-electron chi connectivity index (χ2n) is 12.0. The fourth-order valence-electron chi connectivity index (χ4n) is 3.96. The Balaban J connectivity index is 2.38. The van der Waals surface area contributed by atoms with E-state index in [4.69, 9.17) is 9.47 Å². The highest BCUT2D eigenvalue weighted by Gasteiger charge is 2.25. The van der Waals surface area contributed by atoms with Crippen molar-refractivity contribution in [2.45, 2.75) is 103 Å². The van der Waals surface area contributed by atoms with Gasteiger partial charge in [0.05, 0.1) is 12.8 Å². The molecule has 0 saturated carbocycles. The van der Waals surface area contributed by atoms with Gasteiger partial charge in [-0.2, -0.15) is 0 Å². The van der Waals surface area contributed by atoms with Gasteiger partial charge >= 0.3 is 11.9 Å². The number of aryl methyl sites for hydroxylation is 2. The van der Waals surface area contributed by atoms with Crippen LogP contribution >= 0.6 is 35.3 Å². The Morgan fingerprint density at radius 3 is 1.37 bits per heavy atom. The number of esters is 2. The molecule has 0 radical (unpaired) electrons. The van der Waals surface area contributed by atoms with Crippen molar-refractivity contribution in [3.8, 4) is 11.5 Å². The second-order valence-corrected chi connectivity index (χ2v) is 15.1. The van der Waals surface area contributed by atoms with Crippen LogP contribution in [0, 0.1) is 13.8 Å². The Kier molecular flexibility index (Phi) is 13.7. The number of hydrogen-bond donors (Lipinski definition) is 0. The summed E-state index contributed by atoms with van der Waals surface area (Å²) in [6.45, 7) is 20.8. The van der Waals surface area contributed by atoms with Gasteiger partial charge < -0.3 is 9.47 Å². The number of allylic oxidation sites excluding steroid dienone is 2. The summed E-state index contributed by atoms with van der Waals surface area (Å²) in [5, 5.41) is 3.97. The van der Waals surface area contributed by atoms with E-state index in [1.165, 1.54) is 0 Å². The van der Waals surface area contributed by atoms with Crippen molar-refractivity contribution in [2.75, 3.05) is 11.5 Å². The first-order valence-corrected chi connectivity index (χ1v) is 16.9. The minimum atomic E-state index is -0.219. The van der Waals surface area contributed by atoms with Gasteiger partial charge in [0.25, 0.3) is 0 Å². The molecule has 0 N–H and O–H groups in total. The lowest BCUT2D eigenvalue weighted by atomic mass is 9.85. The van der Waals surface area contributed by atoms with Gasteiger partial charge in [-0.25, -0.2) is 0 Å². The highest BCUT2D eigenvalue weighted by molar-refractivity contribution is 8.02. The number of carbonyl (C=O) groups is 2. The maximum Gasteiger partial charge on any atom is 0.312 e. The Hall–Kier alpha value is -2.09. The van der Waals surface area contributed by atoms with Crippen LogP contribution in [0.5, 0.6) is 11.5 Å². The van der Waals surface area contributed by atoms with Crippen LogP contribution in [-0.2, 0) is 20.4 Å². The molecule has 0 saturated heterocycles. The van der Waals surface area contributed by atoms with Gasteiger partial charge in [-0.3, -0.25) is 9.59 Å².